The van der Waals surface area contributed by atoms with Crippen molar-refractivity contribution in [2.75, 3.05) is 25.8 Å². The number of carbonyl (C=O) groups excluding carboxylic acids is 1. The predicted molar refractivity (Wildman–Crippen MR) is 113 cm³/mol. The Morgan fingerprint density at radius 3 is 1.80 bits per heavy atom. The van der Waals surface area contributed by atoms with Crippen LogP contribution in [0.3, 0.4) is 0 Å². The second-order valence-corrected chi connectivity index (χ2v) is 8.95. The third-order valence-corrected chi connectivity index (χ3v) is 4.97. The molecule has 0 aliphatic rings. The maximum atomic E-state index is 11.8. The van der Waals surface area contributed by atoms with E-state index in [0.717, 1.165) is 12.8 Å². The van der Waals surface area contributed by atoms with Crippen molar-refractivity contribution >= 4 is 16.1 Å². The van der Waals surface area contributed by atoms with Gasteiger partial charge in [0.05, 0.1) is 19.8 Å². The number of hydrogen-bond donors (Lipinski definition) is 0. The summed E-state index contributed by atoms with van der Waals surface area (Å²) < 4.78 is 46.2. The van der Waals surface area contributed by atoms with Crippen molar-refractivity contribution in [2.24, 2.45) is 0 Å². The summed E-state index contributed by atoms with van der Waals surface area (Å²) in [5.41, 5.74) is 0. The number of hydrogen-bond acceptors (Lipinski definition) is 7. The first kappa shape index (κ1) is 32.5. The monoisotopic (exact) mass is 460 g/mol. The summed E-state index contributed by atoms with van der Waals surface area (Å²) in [6.07, 6.45) is 15.1. The third-order valence-electron chi connectivity index (χ3n) is 4.52. The quantitative estimate of drug-likeness (QED) is 0.111. The fourth-order valence-electron chi connectivity index (χ4n) is 2.96. The van der Waals surface area contributed by atoms with Crippen LogP contribution in [0.5, 0.6) is 0 Å². The van der Waals surface area contributed by atoms with Crippen molar-refractivity contribution in [1.82, 2.24) is 0 Å². The van der Waals surface area contributed by atoms with Gasteiger partial charge in [0.1, 0.15) is 22.2 Å². The average Bonchev–Trinajstić information content (AvgIpc) is 2.64. The summed E-state index contributed by atoms with van der Waals surface area (Å²) in [6.45, 7) is 4.32. The normalized spacial score (nSPS) is 12.4. The zero-order valence-corrected chi connectivity index (χ0v) is 22.2. The van der Waals surface area contributed by atoms with Gasteiger partial charge in [-0.25, -0.2) is 8.42 Å². The molecule has 0 aliphatic heterocycles. The Morgan fingerprint density at radius 1 is 0.833 bits per heavy atom. The molecule has 0 fully saturated rings. The van der Waals surface area contributed by atoms with Gasteiger partial charge in [0, 0.05) is 6.42 Å². The third kappa shape index (κ3) is 26.3. The van der Waals surface area contributed by atoms with Crippen LogP contribution >= 0.6 is 0 Å². The molecule has 0 rings (SSSR count). The number of unbranched alkanes of at least 4 members (excludes halogenated alkanes) is 11. The average molecular weight is 461 g/mol. The van der Waals surface area contributed by atoms with Crippen molar-refractivity contribution < 1.29 is 61.5 Å². The van der Waals surface area contributed by atoms with E-state index in [9.17, 15) is 17.8 Å². The standard InChI is InChI=1S/C21H42O7S.Na/c1-3-4-5-6-7-8-9-10-11-12-13-14-15-21(22)28-20(2)18-26-16-17-27-19-29(23,24)25;/h20H,3-19H2,1-2H3,(H,23,24,25);/q;+1/p-1. The first-order chi connectivity index (χ1) is 13.8. The van der Waals surface area contributed by atoms with Crippen molar-refractivity contribution in [3.8, 4) is 0 Å². The maximum Gasteiger partial charge on any atom is 1.00 e. The van der Waals surface area contributed by atoms with Gasteiger partial charge in [-0.15, -0.1) is 0 Å². The van der Waals surface area contributed by atoms with E-state index in [1.165, 1.54) is 64.2 Å². The van der Waals surface area contributed by atoms with Crippen LogP contribution in [0.15, 0.2) is 0 Å². The molecule has 0 bridgehead atoms. The van der Waals surface area contributed by atoms with Gasteiger partial charge < -0.3 is 18.8 Å². The zero-order chi connectivity index (χ0) is 21.8. The van der Waals surface area contributed by atoms with Crippen LogP contribution in [0.2, 0.25) is 0 Å². The molecule has 0 amide bonds. The molecule has 0 aromatic carbocycles. The molecule has 9 heteroatoms. The fourth-order valence-corrected chi connectivity index (χ4v) is 3.28. The van der Waals surface area contributed by atoms with Crippen LogP contribution in [0, 0.1) is 0 Å². The van der Waals surface area contributed by atoms with Crippen LogP contribution in [-0.2, 0) is 29.1 Å². The zero-order valence-electron chi connectivity index (χ0n) is 19.4. The molecule has 30 heavy (non-hydrogen) atoms. The van der Waals surface area contributed by atoms with Crippen LogP contribution in [0.1, 0.15) is 97.3 Å². The summed E-state index contributed by atoms with van der Waals surface area (Å²) in [5.74, 6) is -1.08. The van der Waals surface area contributed by atoms with Gasteiger partial charge in [-0.05, 0) is 13.3 Å². The summed E-state index contributed by atoms with van der Waals surface area (Å²) in [4.78, 5) is 11.8. The SMILES string of the molecule is CCCCCCCCCCCCCCC(=O)OC(C)COCCOCS(=O)(=O)[O-].[Na+]. The van der Waals surface area contributed by atoms with Gasteiger partial charge >= 0.3 is 35.5 Å². The second kappa shape index (κ2) is 22.5. The molecule has 7 nitrogen and oxygen atoms in total. The van der Waals surface area contributed by atoms with Crippen LogP contribution in [-0.4, -0.2) is 50.8 Å². The number of esters is 1. The van der Waals surface area contributed by atoms with Gasteiger partial charge in [0.25, 0.3) is 0 Å². The minimum atomic E-state index is -4.36. The van der Waals surface area contributed by atoms with Gasteiger partial charge in [-0.2, -0.15) is 0 Å². The Hall–Kier alpha value is 0.300. The fraction of sp³-hybridized carbons (Fsp3) is 0.952. The molecule has 0 saturated carbocycles. The number of carbonyl (C=O) groups is 1. The van der Waals surface area contributed by atoms with Crippen molar-refractivity contribution in [3.05, 3.63) is 0 Å². The Balaban J connectivity index is 0. The topological polar surface area (TPSA) is 102 Å². The summed E-state index contributed by atoms with van der Waals surface area (Å²) in [6, 6.07) is 0. The van der Waals surface area contributed by atoms with E-state index < -0.39 is 16.1 Å². The summed E-state index contributed by atoms with van der Waals surface area (Å²) in [7, 11) is -4.36. The largest absolute Gasteiger partial charge is 1.00 e. The number of rotatable bonds is 21. The van der Waals surface area contributed by atoms with Crippen LogP contribution in [0.25, 0.3) is 0 Å². The van der Waals surface area contributed by atoms with Gasteiger partial charge in [-0.3, -0.25) is 4.79 Å². The molecule has 0 aromatic heterocycles. The molecule has 0 N–H and O–H groups in total. The first-order valence-electron chi connectivity index (χ1n) is 11.1. The molecular weight excluding hydrogens is 419 g/mol. The van der Waals surface area contributed by atoms with Gasteiger partial charge in [0.15, 0.2) is 0 Å². The molecule has 0 spiro atoms. The Bertz CT molecular complexity index is 486. The number of ether oxygens (including phenoxy) is 3. The first-order valence-corrected chi connectivity index (χ1v) is 12.7. The molecule has 0 heterocycles. The predicted octanol–water partition coefficient (Wildman–Crippen LogP) is 1.55. The van der Waals surface area contributed by atoms with E-state index in [2.05, 4.69) is 11.7 Å². The van der Waals surface area contributed by atoms with E-state index in [-0.39, 0.29) is 61.5 Å². The Morgan fingerprint density at radius 2 is 1.30 bits per heavy atom. The van der Waals surface area contributed by atoms with E-state index in [0.29, 0.717) is 6.42 Å². The smallest absolute Gasteiger partial charge is 0.746 e. The minimum Gasteiger partial charge on any atom is -0.746 e. The molecule has 0 radical (unpaired) electrons. The van der Waals surface area contributed by atoms with Crippen LogP contribution < -0.4 is 29.6 Å². The molecule has 1 atom stereocenters. The molecule has 0 aliphatic carbocycles. The molecule has 0 saturated heterocycles. The van der Waals surface area contributed by atoms with E-state index in [4.69, 9.17) is 9.47 Å². The minimum absolute atomic E-state index is 0. The maximum absolute atomic E-state index is 11.8. The molecule has 174 valence electrons. The summed E-state index contributed by atoms with van der Waals surface area (Å²) >= 11 is 0. The Labute approximate surface area is 206 Å². The second-order valence-electron chi connectivity index (χ2n) is 7.60. The van der Waals surface area contributed by atoms with Crippen molar-refractivity contribution in [3.63, 3.8) is 0 Å². The van der Waals surface area contributed by atoms with Crippen LogP contribution in [0.4, 0.5) is 0 Å². The van der Waals surface area contributed by atoms with Gasteiger partial charge in [-0.1, -0.05) is 77.6 Å². The van der Waals surface area contributed by atoms with Gasteiger partial charge in [0.2, 0.25) is 0 Å². The van der Waals surface area contributed by atoms with Crippen molar-refractivity contribution in [1.29, 1.82) is 0 Å². The summed E-state index contributed by atoms with van der Waals surface area (Å²) in [5, 5.41) is 0. The molecular formula is C21H41NaO7S. The molecule has 1 unspecified atom stereocenters. The molecule has 0 aromatic rings. The van der Waals surface area contributed by atoms with E-state index in [1.54, 1.807) is 6.92 Å². The van der Waals surface area contributed by atoms with E-state index >= 15 is 0 Å². The Kier molecular flexibility index (Phi) is 24.4. The van der Waals surface area contributed by atoms with Crippen molar-refractivity contribution in [2.45, 2.75) is 103 Å². The van der Waals surface area contributed by atoms with E-state index in [1.807, 2.05) is 0 Å².